The minimum absolute atomic E-state index is 0.0295. The molecule has 0 fully saturated rings. The van der Waals surface area contributed by atoms with Gasteiger partial charge in [0.1, 0.15) is 0 Å². The molecule has 0 aliphatic carbocycles. The van der Waals surface area contributed by atoms with E-state index in [9.17, 15) is 13.2 Å². The van der Waals surface area contributed by atoms with Gasteiger partial charge in [0.05, 0.1) is 17.8 Å². The van der Waals surface area contributed by atoms with Crippen LogP contribution in [0.15, 0.2) is 18.2 Å². The summed E-state index contributed by atoms with van der Waals surface area (Å²) in [7, 11) is 0. The summed E-state index contributed by atoms with van der Waals surface area (Å²) in [6, 6.07) is 3.40. The molecule has 1 N–H and O–H groups in total. The lowest BCUT2D eigenvalue weighted by molar-refractivity contribution is -0.137. The second-order valence-corrected chi connectivity index (χ2v) is 5.17. The minimum atomic E-state index is -4.48. The quantitative estimate of drug-likeness (QED) is 0.941. The number of rotatable bonds is 4. The van der Waals surface area contributed by atoms with Gasteiger partial charge in [-0.05, 0) is 28.6 Å². The zero-order chi connectivity index (χ0) is 15.6. The Kier molecular flexibility index (Phi) is 4.48. The maximum absolute atomic E-state index is 12.8. The Hall–Kier alpha value is -1.67. The summed E-state index contributed by atoms with van der Waals surface area (Å²) in [5.74, 6) is 0.402. The molecule has 5 nitrogen and oxygen atoms in total. The zero-order valence-electron chi connectivity index (χ0n) is 11.3. The van der Waals surface area contributed by atoms with Crippen molar-refractivity contribution in [3.05, 3.63) is 34.6 Å². The number of nitrogens with one attached hydrogen (secondary N) is 1. The second-order valence-electron chi connectivity index (χ2n) is 4.74. The fourth-order valence-corrected chi connectivity index (χ4v) is 1.90. The SMILES string of the molecule is CC(C)NCc1nnnn1-c1cc(Cl)cc(C(F)(F)F)c1. The Labute approximate surface area is 124 Å². The summed E-state index contributed by atoms with van der Waals surface area (Å²) in [4.78, 5) is 0. The van der Waals surface area contributed by atoms with Crippen LogP contribution in [-0.4, -0.2) is 26.2 Å². The van der Waals surface area contributed by atoms with Gasteiger partial charge < -0.3 is 5.32 Å². The van der Waals surface area contributed by atoms with Gasteiger partial charge in [-0.25, -0.2) is 0 Å². The molecule has 0 amide bonds. The van der Waals surface area contributed by atoms with Crippen LogP contribution in [0.1, 0.15) is 25.2 Å². The average molecular weight is 320 g/mol. The molecule has 0 atom stereocenters. The molecule has 0 radical (unpaired) electrons. The summed E-state index contributed by atoms with van der Waals surface area (Å²) >= 11 is 5.76. The molecule has 21 heavy (non-hydrogen) atoms. The largest absolute Gasteiger partial charge is 0.416 e. The van der Waals surface area contributed by atoms with Crippen LogP contribution in [-0.2, 0) is 12.7 Å². The van der Waals surface area contributed by atoms with E-state index in [1.807, 2.05) is 13.8 Å². The number of hydrogen-bond acceptors (Lipinski definition) is 4. The number of benzene rings is 1. The number of alkyl halides is 3. The normalized spacial score (nSPS) is 12.1. The van der Waals surface area contributed by atoms with Crippen LogP contribution in [0.25, 0.3) is 5.69 Å². The standard InChI is InChI=1S/C12H13ClF3N5/c1-7(2)17-6-11-18-19-20-21(11)10-4-8(12(14,15)16)3-9(13)5-10/h3-5,7,17H,6H2,1-2H3. The highest BCUT2D eigenvalue weighted by Crippen LogP contribution is 2.32. The van der Waals surface area contributed by atoms with E-state index in [0.29, 0.717) is 12.4 Å². The Balaban J connectivity index is 2.39. The first-order valence-electron chi connectivity index (χ1n) is 6.16. The second kappa shape index (κ2) is 5.98. The molecule has 0 aliphatic rings. The predicted octanol–water partition coefficient (Wildman–Crippen LogP) is 2.83. The smallest absolute Gasteiger partial charge is 0.308 e. The topological polar surface area (TPSA) is 55.6 Å². The van der Waals surface area contributed by atoms with E-state index in [0.717, 1.165) is 12.1 Å². The van der Waals surface area contributed by atoms with Crippen molar-refractivity contribution in [2.24, 2.45) is 0 Å². The van der Waals surface area contributed by atoms with E-state index in [1.54, 1.807) is 0 Å². The van der Waals surface area contributed by atoms with Gasteiger partial charge in [-0.3, -0.25) is 0 Å². The molecule has 1 heterocycles. The molecular weight excluding hydrogens is 307 g/mol. The van der Waals surface area contributed by atoms with E-state index in [4.69, 9.17) is 11.6 Å². The van der Waals surface area contributed by atoms with Crippen LogP contribution >= 0.6 is 11.6 Å². The summed E-state index contributed by atoms with van der Waals surface area (Å²) in [5, 5.41) is 14.1. The third-order valence-corrected chi connectivity index (χ3v) is 2.88. The Morgan fingerprint density at radius 2 is 2.00 bits per heavy atom. The van der Waals surface area contributed by atoms with Gasteiger partial charge >= 0.3 is 6.18 Å². The number of hydrogen-bond donors (Lipinski definition) is 1. The molecular formula is C12H13ClF3N5. The summed E-state index contributed by atoms with van der Waals surface area (Å²) in [6.07, 6.45) is -4.48. The van der Waals surface area contributed by atoms with Crippen LogP contribution in [0.5, 0.6) is 0 Å². The molecule has 2 aromatic rings. The maximum Gasteiger partial charge on any atom is 0.416 e. The van der Waals surface area contributed by atoms with Crippen LogP contribution in [0.3, 0.4) is 0 Å². The lowest BCUT2D eigenvalue weighted by Crippen LogP contribution is -2.24. The molecule has 0 aliphatic heterocycles. The van der Waals surface area contributed by atoms with Crippen molar-refractivity contribution >= 4 is 11.6 Å². The molecule has 9 heteroatoms. The van der Waals surface area contributed by atoms with Gasteiger partial charge in [-0.15, -0.1) is 5.10 Å². The van der Waals surface area contributed by atoms with Crippen molar-refractivity contribution in [1.29, 1.82) is 0 Å². The first kappa shape index (κ1) is 15.7. The van der Waals surface area contributed by atoms with Crippen molar-refractivity contribution in [3.63, 3.8) is 0 Å². The fourth-order valence-electron chi connectivity index (χ4n) is 1.67. The molecule has 0 saturated heterocycles. The molecule has 1 aromatic heterocycles. The van der Waals surface area contributed by atoms with Crippen LogP contribution in [0.2, 0.25) is 5.02 Å². The van der Waals surface area contributed by atoms with Crippen molar-refractivity contribution in [1.82, 2.24) is 25.5 Å². The molecule has 1 aromatic carbocycles. The molecule has 2 rings (SSSR count). The third kappa shape index (κ3) is 3.92. The summed E-state index contributed by atoms with van der Waals surface area (Å²) < 4.78 is 39.7. The van der Waals surface area contributed by atoms with Gasteiger partial charge in [-0.1, -0.05) is 25.4 Å². The lowest BCUT2D eigenvalue weighted by Gasteiger charge is -2.11. The number of nitrogens with zero attached hydrogens (tertiary/aromatic N) is 4. The highest BCUT2D eigenvalue weighted by molar-refractivity contribution is 6.30. The summed E-state index contributed by atoms with van der Waals surface area (Å²) in [5.41, 5.74) is -0.677. The van der Waals surface area contributed by atoms with Crippen molar-refractivity contribution < 1.29 is 13.2 Å². The van der Waals surface area contributed by atoms with Gasteiger partial charge in [0, 0.05) is 11.1 Å². The Morgan fingerprint density at radius 3 is 2.62 bits per heavy atom. The van der Waals surface area contributed by atoms with Crippen LogP contribution in [0.4, 0.5) is 13.2 Å². The third-order valence-electron chi connectivity index (χ3n) is 2.66. The highest BCUT2D eigenvalue weighted by atomic mass is 35.5. The monoisotopic (exact) mass is 319 g/mol. The van der Waals surface area contributed by atoms with Gasteiger partial charge in [-0.2, -0.15) is 17.9 Å². The van der Waals surface area contributed by atoms with Crippen molar-refractivity contribution in [2.45, 2.75) is 32.6 Å². The van der Waals surface area contributed by atoms with Gasteiger partial charge in [0.2, 0.25) is 0 Å². The summed E-state index contributed by atoms with van der Waals surface area (Å²) in [6.45, 7) is 4.21. The first-order chi connectivity index (χ1) is 9.77. The average Bonchev–Trinajstić information content (AvgIpc) is 2.82. The van der Waals surface area contributed by atoms with E-state index >= 15 is 0 Å². The molecule has 0 spiro atoms. The van der Waals surface area contributed by atoms with E-state index in [2.05, 4.69) is 20.8 Å². The van der Waals surface area contributed by atoms with Crippen molar-refractivity contribution in [3.8, 4) is 5.69 Å². The number of tetrazole rings is 1. The maximum atomic E-state index is 12.8. The van der Waals surface area contributed by atoms with E-state index in [1.165, 1.54) is 10.7 Å². The van der Waals surface area contributed by atoms with Gasteiger partial charge in [0.25, 0.3) is 0 Å². The van der Waals surface area contributed by atoms with E-state index in [-0.39, 0.29) is 16.8 Å². The lowest BCUT2D eigenvalue weighted by atomic mass is 10.2. The van der Waals surface area contributed by atoms with Crippen molar-refractivity contribution in [2.75, 3.05) is 0 Å². The molecule has 0 saturated carbocycles. The van der Waals surface area contributed by atoms with Crippen LogP contribution < -0.4 is 5.32 Å². The molecule has 114 valence electrons. The Morgan fingerprint density at radius 1 is 1.29 bits per heavy atom. The van der Waals surface area contributed by atoms with E-state index < -0.39 is 11.7 Å². The number of halogens is 4. The van der Waals surface area contributed by atoms with Gasteiger partial charge in [0.15, 0.2) is 5.82 Å². The van der Waals surface area contributed by atoms with Crippen LogP contribution in [0, 0.1) is 0 Å². The predicted molar refractivity (Wildman–Crippen MR) is 71.1 cm³/mol. The molecule has 0 unspecified atom stereocenters. The Bertz CT molecular complexity index is 624. The minimum Gasteiger partial charge on any atom is -0.308 e. The highest BCUT2D eigenvalue weighted by Gasteiger charge is 2.31. The fraction of sp³-hybridized carbons (Fsp3) is 0.417. The zero-order valence-corrected chi connectivity index (χ0v) is 12.1. The molecule has 0 bridgehead atoms. The first-order valence-corrected chi connectivity index (χ1v) is 6.54. The number of aromatic nitrogens is 4.